The second kappa shape index (κ2) is 2.52. The first-order valence-electron chi connectivity index (χ1n) is 4.04. The molecule has 3 nitrogen and oxygen atoms in total. The average Bonchev–Trinajstić information content (AvgIpc) is 2.49. The van der Waals surface area contributed by atoms with Crippen molar-refractivity contribution in [3.8, 4) is 0 Å². The van der Waals surface area contributed by atoms with Gasteiger partial charge in [0.25, 0.3) is 0 Å². The summed E-state index contributed by atoms with van der Waals surface area (Å²) in [5.41, 5.74) is 7.86. The zero-order chi connectivity index (χ0) is 8.55. The fraction of sp³-hybridized carbons (Fsp3) is 0.222. The van der Waals surface area contributed by atoms with Crippen LogP contribution in [0.3, 0.4) is 0 Å². The number of anilines is 1. The Bertz CT molecular complexity index is 403. The van der Waals surface area contributed by atoms with Crippen LogP contribution in [0.2, 0.25) is 0 Å². The Morgan fingerprint density at radius 2 is 2.33 bits per heavy atom. The summed E-state index contributed by atoms with van der Waals surface area (Å²) >= 11 is 0. The molecule has 0 unspecified atom stereocenters. The van der Waals surface area contributed by atoms with Crippen molar-refractivity contribution in [1.29, 1.82) is 0 Å². The van der Waals surface area contributed by atoms with Gasteiger partial charge >= 0.3 is 0 Å². The van der Waals surface area contributed by atoms with Crippen LogP contribution in [0.4, 0.5) is 5.82 Å². The maximum absolute atomic E-state index is 5.72. The number of nitrogen functional groups attached to an aromatic ring is 1. The number of nitrogens with zero attached hydrogens (tertiary/aromatic N) is 2. The molecule has 12 heavy (non-hydrogen) atoms. The Labute approximate surface area is 70.8 Å². The molecule has 2 aromatic heterocycles. The van der Waals surface area contributed by atoms with E-state index in [0.29, 0.717) is 5.82 Å². The van der Waals surface area contributed by atoms with Crippen molar-refractivity contribution in [2.75, 3.05) is 5.73 Å². The molecular weight excluding hydrogens is 150 g/mol. The molecule has 0 amide bonds. The predicted molar refractivity (Wildman–Crippen MR) is 49.0 cm³/mol. The van der Waals surface area contributed by atoms with Gasteiger partial charge in [0.05, 0.1) is 11.2 Å². The number of fused-ring (bicyclic) bond motifs is 1. The number of aryl methyl sites for hydroxylation is 1. The van der Waals surface area contributed by atoms with Gasteiger partial charge in [-0.3, -0.25) is 0 Å². The lowest BCUT2D eigenvalue weighted by atomic mass is 10.3. The molecule has 0 aliphatic rings. The van der Waals surface area contributed by atoms with Crippen molar-refractivity contribution in [3.63, 3.8) is 0 Å². The Kier molecular flexibility index (Phi) is 1.50. The number of nitrogens with two attached hydrogens (primary N) is 1. The van der Waals surface area contributed by atoms with Gasteiger partial charge in [-0.25, -0.2) is 4.52 Å². The van der Waals surface area contributed by atoms with E-state index in [9.17, 15) is 0 Å². The maximum Gasteiger partial charge on any atom is 0.125 e. The molecule has 0 saturated carbocycles. The summed E-state index contributed by atoms with van der Waals surface area (Å²) in [5.74, 6) is 0.687. The Balaban J connectivity index is 2.74. The number of hydrogen-bond donors (Lipinski definition) is 1. The van der Waals surface area contributed by atoms with E-state index in [1.165, 1.54) is 0 Å². The number of pyridine rings is 1. The van der Waals surface area contributed by atoms with Gasteiger partial charge in [-0.15, -0.1) is 0 Å². The number of rotatable bonds is 1. The largest absolute Gasteiger partial charge is 0.384 e. The molecule has 2 rings (SSSR count). The normalized spacial score (nSPS) is 10.8. The number of hydrogen-bond acceptors (Lipinski definition) is 2. The third-order valence-electron chi connectivity index (χ3n) is 1.93. The Hall–Kier alpha value is -1.51. The van der Waals surface area contributed by atoms with Crippen molar-refractivity contribution in [2.24, 2.45) is 0 Å². The molecule has 2 heterocycles. The first-order chi connectivity index (χ1) is 5.81. The van der Waals surface area contributed by atoms with Gasteiger partial charge in [0.15, 0.2) is 0 Å². The highest BCUT2D eigenvalue weighted by atomic mass is 15.3. The summed E-state index contributed by atoms with van der Waals surface area (Å²) in [6, 6.07) is 7.84. The van der Waals surface area contributed by atoms with E-state index in [0.717, 1.165) is 17.6 Å². The topological polar surface area (TPSA) is 43.3 Å². The summed E-state index contributed by atoms with van der Waals surface area (Å²) in [5, 5.41) is 4.32. The van der Waals surface area contributed by atoms with E-state index >= 15 is 0 Å². The second-order valence-electron chi connectivity index (χ2n) is 2.78. The molecular formula is C9H11N3. The minimum Gasteiger partial charge on any atom is -0.384 e. The van der Waals surface area contributed by atoms with E-state index in [-0.39, 0.29) is 0 Å². The SMILES string of the molecule is CCc1cc2cccc(N)n2n1. The third kappa shape index (κ3) is 0.942. The molecule has 0 spiro atoms. The minimum absolute atomic E-state index is 0.687. The third-order valence-corrected chi connectivity index (χ3v) is 1.93. The molecule has 0 radical (unpaired) electrons. The molecule has 0 bridgehead atoms. The molecule has 0 aliphatic heterocycles. The second-order valence-corrected chi connectivity index (χ2v) is 2.78. The number of aromatic nitrogens is 2. The van der Waals surface area contributed by atoms with E-state index < -0.39 is 0 Å². The van der Waals surface area contributed by atoms with Crippen LogP contribution in [0.1, 0.15) is 12.6 Å². The quantitative estimate of drug-likeness (QED) is 0.688. The van der Waals surface area contributed by atoms with Crippen molar-refractivity contribution in [2.45, 2.75) is 13.3 Å². The fourth-order valence-corrected chi connectivity index (χ4v) is 1.26. The summed E-state index contributed by atoms with van der Waals surface area (Å²) in [6.45, 7) is 2.08. The van der Waals surface area contributed by atoms with Crippen LogP contribution in [-0.2, 0) is 6.42 Å². The fourth-order valence-electron chi connectivity index (χ4n) is 1.26. The maximum atomic E-state index is 5.72. The van der Waals surface area contributed by atoms with Crippen LogP contribution in [0.25, 0.3) is 5.52 Å². The van der Waals surface area contributed by atoms with E-state index in [1.54, 1.807) is 4.52 Å². The van der Waals surface area contributed by atoms with Gasteiger partial charge in [0, 0.05) is 0 Å². The van der Waals surface area contributed by atoms with E-state index in [4.69, 9.17) is 5.73 Å². The van der Waals surface area contributed by atoms with E-state index in [2.05, 4.69) is 18.1 Å². The van der Waals surface area contributed by atoms with Gasteiger partial charge in [0.1, 0.15) is 5.82 Å². The van der Waals surface area contributed by atoms with Gasteiger partial charge < -0.3 is 5.73 Å². The van der Waals surface area contributed by atoms with E-state index in [1.807, 2.05) is 18.2 Å². The smallest absolute Gasteiger partial charge is 0.125 e. The zero-order valence-electron chi connectivity index (χ0n) is 6.99. The van der Waals surface area contributed by atoms with Crippen LogP contribution in [-0.4, -0.2) is 9.61 Å². The predicted octanol–water partition coefficient (Wildman–Crippen LogP) is 1.48. The molecule has 2 aromatic rings. The molecule has 0 saturated heterocycles. The average molecular weight is 161 g/mol. The van der Waals surface area contributed by atoms with Crippen molar-refractivity contribution in [1.82, 2.24) is 9.61 Å². The monoisotopic (exact) mass is 161 g/mol. The van der Waals surface area contributed by atoms with Crippen LogP contribution < -0.4 is 5.73 Å². The van der Waals surface area contributed by atoms with Crippen LogP contribution in [0.15, 0.2) is 24.3 Å². The zero-order valence-corrected chi connectivity index (χ0v) is 6.99. The minimum atomic E-state index is 0.687. The molecule has 0 aromatic carbocycles. The molecule has 0 fully saturated rings. The lowest BCUT2D eigenvalue weighted by molar-refractivity contribution is 0.907. The summed E-state index contributed by atoms with van der Waals surface area (Å²) in [4.78, 5) is 0. The standard InChI is InChI=1S/C9H11N3/c1-2-7-6-8-4-3-5-9(10)12(8)11-7/h3-6H,2,10H2,1H3. The lowest BCUT2D eigenvalue weighted by Crippen LogP contribution is -1.97. The van der Waals surface area contributed by atoms with Gasteiger partial charge in [0.2, 0.25) is 0 Å². The Morgan fingerprint density at radius 3 is 3.00 bits per heavy atom. The van der Waals surface area contributed by atoms with Gasteiger partial charge in [-0.1, -0.05) is 13.0 Å². The molecule has 0 aliphatic carbocycles. The van der Waals surface area contributed by atoms with Crippen LogP contribution >= 0.6 is 0 Å². The molecule has 62 valence electrons. The molecule has 3 heteroatoms. The van der Waals surface area contributed by atoms with Crippen molar-refractivity contribution in [3.05, 3.63) is 30.0 Å². The lowest BCUT2D eigenvalue weighted by Gasteiger charge is -1.95. The van der Waals surface area contributed by atoms with Crippen LogP contribution in [0.5, 0.6) is 0 Å². The summed E-state index contributed by atoms with van der Waals surface area (Å²) in [6.07, 6.45) is 0.946. The van der Waals surface area contributed by atoms with Crippen LogP contribution in [0, 0.1) is 0 Å². The summed E-state index contributed by atoms with van der Waals surface area (Å²) < 4.78 is 1.76. The Morgan fingerprint density at radius 1 is 1.50 bits per heavy atom. The van der Waals surface area contributed by atoms with Gasteiger partial charge in [-0.05, 0) is 24.6 Å². The first kappa shape index (κ1) is 7.16. The molecule has 0 atom stereocenters. The molecule has 2 N–H and O–H groups in total. The highest BCUT2D eigenvalue weighted by Gasteiger charge is 2.00. The highest BCUT2D eigenvalue weighted by Crippen LogP contribution is 2.10. The first-order valence-corrected chi connectivity index (χ1v) is 4.04. The van der Waals surface area contributed by atoms with Gasteiger partial charge in [-0.2, -0.15) is 5.10 Å². The van der Waals surface area contributed by atoms with Crippen molar-refractivity contribution < 1.29 is 0 Å². The summed E-state index contributed by atoms with van der Waals surface area (Å²) in [7, 11) is 0. The van der Waals surface area contributed by atoms with Crippen molar-refractivity contribution >= 4 is 11.3 Å². The highest BCUT2D eigenvalue weighted by molar-refractivity contribution is 5.53.